The van der Waals surface area contributed by atoms with Crippen molar-refractivity contribution in [1.82, 2.24) is 9.62 Å². The first kappa shape index (κ1) is 18.4. The molecule has 1 saturated carbocycles. The molecular weight excluding hydrogens is 336 g/mol. The SMILES string of the molecule is Cc1ccccc1S(=O)(=O)N1CCCCCCNC(=O)[C@@H]2CCC[C@@H]21. The van der Waals surface area contributed by atoms with Crippen LogP contribution in [0.5, 0.6) is 0 Å². The average Bonchev–Trinajstić information content (AvgIpc) is 3.05. The van der Waals surface area contributed by atoms with Gasteiger partial charge in [-0.2, -0.15) is 4.31 Å². The lowest BCUT2D eigenvalue weighted by Gasteiger charge is -2.32. The summed E-state index contributed by atoms with van der Waals surface area (Å²) in [6.07, 6.45) is 6.28. The summed E-state index contributed by atoms with van der Waals surface area (Å²) in [5, 5.41) is 3.01. The first-order valence-corrected chi connectivity index (χ1v) is 10.8. The van der Waals surface area contributed by atoms with Gasteiger partial charge in [0.2, 0.25) is 15.9 Å². The largest absolute Gasteiger partial charge is 0.356 e. The van der Waals surface area contributed by atoms with Crippen molar-refractivity contribution >= 4 is 15.9 Å². The topological polar surface area (TPSA) is 66.5 Å². The number of sulfonamides is 1. The van der Waals surface area contributed by atoms with Crippen LogP contribution in [0.25, 0.3) is 0 Å². The molecule has 1 aromatic rings. The Bertz CT molecular complexity index is 717. The molecule has 25 heavy (non-hydrogen) atoms. The van der Waals surface area contributed by atoms with E-state index in [1.165, 1.54) is 0 Å². The number of hydrogen-bond acceptors (Lipinski definition) is 3. The molecule has 6 heteroatoms. The summed E-state index contributed by atoms with van der Waals surface area (Å²) in [5.74, 6) is -0.203. The van der Waals surface area contributed by atoms with E-state index in [1.807, 2.05) is 19.1 Å². The van der Waals surface area contributed by atoms with Crippen molar-refractivity contribution in [1.29, 1.82) is 0 Å². The monoisotopic (exact) mass is 364 g/mol. The molecule has 0 spiro atoms. The average molecular weight is 365 g/mol. The Hall–Kier alpha value is -1.40. The van der Waals surface area contributed by atoms with Gasteiger partial charge in [0.25, 0.3) is 0 Å². The third kappa shape index (κ3) is 3.90. The summed E-state index contributed by atoms with van der Waals surface area (Å²) in [6.45, 7) is 3.04. The van der Waals surface area contributed by atoms with Gasteiger partial charge in [0.05, 0.1) is 10.8 Å². The summed E-state index contributed by atoms with van der Waals surface area (Å²) < 4.78 is 28.4. The number of amides is 1. The van der Waals surface area contributed by atoms with Crippen LogP contribution < -0.4 is 5.32 Å². The molecule has 0 unspecified atom stereocenters. The van der Waals surface area contributed by atoms with Crippen LogP contribution in [-0.4, -0.2) is 37.8 Å². The van der Waals surface area contributed by atoms with Crippen LogP contribution in [0.4, 0.5) is 0 Å². The molecule has 2 aliphatic rings. The van der Waals surface area contributed by atoms with Crippen molar-refractivity contribution in [3.63, 3.8) is 0 Å². The predicted molar refractivity (Wildman–Crippen MR) is 97.7 cm³/mol. The number of nitrogens with zero attached hydrogens (tertiary/aromatic N) is 1. The Morgan fingerprint density at radius 1 is 1.04 bits per heavy atom. The molecule has 1 amide bonds. The number of nitrogens with one attached hydrogen (secondary N) is 1. The number of hydrogen-bond donors (Lipinski definition) is 1. The lowest BCUT2D eigenvalue weighted by Crippen LogP contribution is -2.47. The van der Waals surface area contributed by atoms with E-state index >= 15 is 0 Å². The van der Waals surface area contributed by atoms with Crippen molar-refractivity contribution < 1.29 is 13.2 Å². The smallest absolute Gasteiger partial charge is 0.243 e. The standard InChI is InChI=1S/C19H28N2O3S/c1-15-9-4-5-12-18(15)25(23,24)21-14-7-3-2-6-13-20-19(22)16-10-8-11-17(16)21/h4-5,9,12,16-17H,2-3,6-8,10-11,13-14H2,1H3,(H,20,22)/t16-,17+/m1/s1. The summed E-state index contributed by atoms with van der Waals surface area (Å²) in [6, 6.07) is 6.92. The summed E-state index contributed by atoms with van der Waals surface area (Å²) in [4.78, 5) is 12.9. The Morgan fingerprint density at radius 3 is 2.60 bits per heavy atom. The van der Waals surface area contributed by atoms with E-state index in [2.05, 4.69) is 5.32 Å². The first-order valence-electron chi connectivity index (χ1n) is 9.37. The van der Waals surface area contributed by atoms with Gasteiger partial charge in [-0.3, -0.25) is 4.79 Å². The zero-order chi connectivity index (χ0) is 17.9. The van der Waals surface area contributed by atoms with E-state index < -0.39 is 10.0 Å². The number of aryl methyl sites for hydroxylation is 1. The maximum atomic E-state index is 13.4. The first-order chi connectivity index (χ1) is 12.0. The Balaban J connectivity index is 1.97. The van der Waals surface area contributed by atoms with Crippen molar-refractivity contribution in [3.8, 4) is 0 Å². The molecule has 138 valence electrons. The van der Waals surface area contributed by atoms with Crippen LogP contribution in [0.15, 0.2) is 29.2 Å². The predicted octanol–water partition coefficient (Wildman–Crippen LogP) is 2.84. The summed E-state index contributed by atoms with van der Waals surface area (Å²) in [5.41, 5.74) is 0.760. The quantitative estimate of drug-likeness (QED) is 0.877. The number of carbonyl (C=O) groups is 1. The zero-order valence-electron chi connectivity index (χ0n) is 14.9. The molecule has 3 rings (SSSR count). The zero-order valence-corrected chi connectivity index (χ0v) is 15.7. The molecule has 1 heterocycles. The molecule has 0 radical (unpaired) electrons. The molecule has 0 bridgehead atoms. The second-order valence-corrected chi connectivity index (χ2v) is 9.05. The van der Waals surface area contributed by atoms with Gasteiger partial charge in [-0.1, -0.05) is 37.5 Å². The molecule has 5 nitrogen and oxygen atoms in total. The third-order valence-corrected chi connectivity index (χ3v) is 7.56. The lowest BCUT2D eigenvalue weighted by atomic mass is 10.0. The van der Waals surface area contributed by atoms with Crippen LogP contribution >= 0.6 is 0 Å². The highest BCUT2D eigenvalue weighted by molar-refractivity contribution is 7.89. The molecule has 1 aliphatic heterocycles. The molecule has 2 atom stereocenters. The van der Waals surface area contributed by atoms with E-state index in [1.54, 1.807) is 16.4 Å². The number of carbonyl (C=O) groups excluding carboxylic acids is 1. The summed E-state index contributed by atoms with van der Waals surface area (Å²) >= 11 is 0. The fourth-order valence-electron chi connectivity index (χ4n) is 4.12. The maximum Gasteiger partial charge on any atom is 0.243 e. The van der Waals surface area contributed by atoms with Gasteiger partial charge in [0.15, 0.2) is 0 Å². The molecule has 0 aromatic heterocycles. The lowest BCUT2D eigenvalue weighted by molar-refractivity contribution is -0.125. The Labute approximate surface area is 150 Å². The minimum absolute atomic E-state index is 0.0226. The van der Waals surface area contributed by atoms with E-state index in [0.717, 1.165) is 50.5 Å². The Morgan fingerprint density at radius 2 is 1.80 bits per heavy atom. The van der Waals surface area contributed by atoms with Crippen molar-refractivity contribution in [3.05, 3.63) is 29.8 Å². The van der Waals surface area contributed by atoms with Crippen molar-refractivity contribution in [2.75, 3.05) is 13.1 Å². The highest BCUT2D eigenvalue weighted by Gasteiger charge is 2.42. The van der Waals surface area contributed by atoms with Gasteiger partial charge in [0, 0.05) is 19.1 Å². The minimum atomic E-state index is -3.60. The highest BCUT2D eigenvalue weighted by atomic mass is 32.2. The fourth-order valence-corrected chi connectivity index (χ4v) is 6.07. The normalized spacial score (nSPS) is 26.5. The fraction of sp³-hybridized carbons (Fsp3) is 0.632. The van der Waals surface area contributed by atoms with Crippen LogP contribution in [0, 0.1) is 12.8 Å². The van der Waals surface area contributed by atoms with E-state index in [4.69, 9.17) is 0 Å². The Kier molecular flexibility index (Phi) is 5.79. The molecular formula is C19H28N2O3S. The summed E-state index contributed by atoms with van der Waals surface area (Å²) in [7, 11) is -3.60. The minimum Gasteiger partial charge on any atom is -0.356 e. The molecule has 2 fully saturated rings. The molecule has 1 aliphatic carbocycles. The number of fused-ring (bicyclic) bond motifs is 1. The molecule has 1 aromatic carbocycles. The van der Waals surface area contributed by atoms with Crippen LogP contribution in [0.3, 0.4) is 0 Å². The van der Waals surface area contributed by atoms with Crippen LogP contribution in [0.2, 0.25) is 0 Å². The number of rotatable bonds is 2. The third-order valence-electron chi connectivity index (χ3n) is 5.47. The van der Waals surface area contributed by atoms with Crippen molar-refractivity contribution in [2.24, 2.45) is 5.92 Å². The van der Waals surface area contributed by atoms with Gasteiger partial charge in [-0.25, -0.2) is 8.42 Å². The van der Waals surface area contributed by atoms with Gasteiger partial charge in [0.1, 0.15) is 0 Å². The van der Waals surface area contributed by atoms with E-state index in [-0.39, 0.29) is 17.9 Å². The molecule has 1 saturated heterocycles. The van der Waals surface area contributed by atoms with Crippen LogP contribution in [0.1, 0.15) is 50.5 Å². The van der Waals surface area contributed by atoms with Gasteiger partial charge < -0.3 is 5.32 Å². The van der Waals surface area contributed by atoms with Gasteiger partial charge in [-0.15, -0.1) is 0 Å². The van der Waals surface area contributed by atoms with Gasteiger partial charge >= 0.3 is 0 Å². The number of benzene rings is 1. The van der Waals surface area contributed by atoms with Gasteiger partial charge in [-0.05, 0) is 44.2 Å². The second kappa shape index (κ2) is 7.87. The molecule has 1 N–H and O–H groups in total. The van der Waals surface area contributed by atoms with Crippen LogP contribution in [-0.2, 0) is 14.8 Å². The second-order valence-electron chi connectivity index (χ2n) is 7.19. The van der Waals surface area contributed by atoms with E-state index in [0.29, 0.717) is 18.0 Å². The van der Waals surface area contributed by atoms with E-state index in [9.17, 15) is 13.2 Å². The highest BCUT2D eigenvalue weighted by Crippen LogP contribution is 2.35. The maximum absolute atomic E-state index is 13.4. The van der Waals surface area contributed by atoms with Crippen molar-refractivity contribution in [2.45, 2.75) is 62.8 Å².